The maximum atomic E-state index is 12.5. The summed E-state index contributed by atoms with van der Waals surface area (Å²) in [4.78, 5) is 20.9. The van der Waals surface area contributed by atoms with Gasteiger partial charge in [0.25, 0.3) is 0 Å². The van der Waals surface area contributed by atoms with E-state index in [2.05, 4.69) is 34.3 Å². The molecule has 1 aromatic carbocycles. The number of rotatable bonds is 9. The summed E-state index contributed by atoms with van der Waals surface area (Å²) in [6.45, 7) is 8.58. The quantitative estimate of drug-likeness (QED) is 0.559. The zero-order valence-electron chi connectivity index (χ0n) is 17.8. The largest absolute Gasteiger partial charge is 0.493 e. The predicted octanol–water partition coefficient (Wildman–Crippen LogP) is 4.54. The number of aromatic nitrogens is 3. The number of carbonyl (C=O) groups excluding carboxylic acids is 1. The number of amides is 1. The highest BCUT2D eigenvalue weighted by Gasteiger charge is 2.24. The van der Waals surface area contributed by atoms with Crippen LogP contribution in [0.25, 0.3) is 11.4 Å². The average Bonchev–Trinajstić information content (AvgIpc) is 3.22. The minimum Gasteiger partial charge on any atom is -0.493 e. The van der Waals surface area contributed by atoms with Gasteiger partial charge in [0.05, 0.1) is 13.0 Å². The zero-order valence-corrected chi connectivity index (χ0v) is 17.8. The summed E-state index contributed by atoms with van der Waals surface area (Å²) >= 11 is 0. The van der Waals surface area contributed by atoms with Crippen molar-refractivity contribution in [3.05, 3.63) is 60.2 Å². The second-order valence-corrected chi connectivity index (χ2v) is 7.80. The van der Waals surface area contributed by atoms with Crippen LogP contribution >= 0.6 is 0 Å². The van der Waals surface area contributed by atoms with Crippen LogP contribution in [-0.2, 0) is 4.79 Å². The maximum Gasteiger partial charge on any atom is 0.249 e. The molecule has 2 aromatic heterocycles. The van der Waals surface area contributed by atoms with Crippen molar-refractivity contribution >= 4 is 5.91 Å². The molecule has 3 rings (SSSR count). The molecular formula is C23H28N4O3. The van der Waals surface area contributed by atoms with E-state index in [9.17, 15) is 4.79 Å². The van der Waals surface area contributed by atoms with E-state index in [1.807, 2.05) is 50.2 Å². The molecule has 0 radical (unpaired) electrons. The van der Waals surface area contributed by atoms with Crippen molar-refractivity contribution < 1.29 is 14.1 Å². The van der Waals surface area contributed by atoms with E-state index in [1.54, 1.807) is 12.4 Å². The van der Waals surface area contributed by atoms with Crippen LogP contribution in [0.4, 0.5) is 0 Å². The fourth-order valence-electron chi connectivity index (χ4n) is 2.95. The molecule has 0 saturated heterocycles. The Balaban J connectivity index is 1.55. The van der Waals surface area contributed by atoms with E-state index in [0.717, 1.165) is 11.3 Å². The average molecular weight is 409 g/mol. The molecule has 30 heavy (non-hydrogen) atoms. The second-order valence-electron chi connectivity index (χ2n) is 7.80. The van der Waals surface area contributed by atoms with Crippen LogP contribution < -0.4 is 10.1 Å². The number of nitrogens with one attached hydrogen (secondary N) is 1. The summed E-state index contributed by atoms with van der Waals surface area (Å²) in [5, 5.41) is 7.01. The number of benzene rings is 1. The van der Waals surface area contributed by atoms with E-state index >= 15 is 0 Å². The Morgan fingerprint density at radius 2 is 1.77 bits per heavy atom. The van der Waals surface area contributed by atoms with Crippen molar-refractivity contribution in [1.29, 1.82) is 0 Å². The smallest absolute Gasteiger partial charge is 0.249 e. The molecule has 0 saturated carbocycles. The minimum atomic E-state index is -0.370. The van der Waals surface area contributed by atoms with Gasteiger partial charge < -0.3 is 14.6 Å². The fraction of sp³-hybridized carbons (Fsp3) is 0.391. The molecule has 1 N–H and O–H groups in total. The Bertz CT molecular complexity index is 937. The van der Waals surface area contributed by atoms with Gasteiger partial charge >= 0.3 is 0 Å². The number of pyridine rings is 1. The first kappa shape index (κ1) is 21.5. The number of hydrogen-bond acceptors (Lipinski definition) is 6. The van der Waals surface area contributed by atoms with Crippen LogP contribution in [0.1, 0.15) is 57.5 Å². The van der Waals surface area contributed by atoms with E-state index < -0.39 is 0 Å². The van der Waals surface area contributed by atoms with Gasteiger partial charge in [-0.1, -0.05) is 45.0 Å². The molecule has 7 nitrogen and oxygen atoms in total. The highest BCUT2D eigenvalue weighted by atomic mass is 16.5. The minimum absolute atomic E-state index is 0.0872. The summed E-state index contributed by atoms with van der Waals surface area (Å²) in [5.74, 6) is 2.05. The van der Waals surface area contributed by atoms with Crippen LogP contribution in [0.2, 0.25) is 0 Å². The summed E-state index contributed by atoms with van der Waals surface area (Å²) in [6.07, 6.45) is 3.58. The van der Waals surface area contributed by atoms with Gasteiger partial charge in [-0.3, -0.25) is 9.78 Å². The third kappa shape index (κ3) is 5.65. The number of nitrogens with zero attached hydrogens (tertiary/aromatic N) is 3. The first-order valence-electron chi connectivity index (χ1n) is 10.2. The van der Waals surface area contributed by atoms with Crippen LogP contribution in [-0.4, -0.2) is 27.6 Å². The Morgan fingerprint density at radius 1 is 1.07 bits per heavy atom. The molecule has 0 aliphatic carbocycles. The SMILES string of the molecule is CC(C)c1ccc(OCCC(=O)NC(c2nc(-c3ccncc3)no2)C(C)C)cc1. The first-order valence-corrected chi connectivity index (χ1v) is 10.2. The van der Waals surface area contributed by atoms with Gasteiger partial charge in [-0.2, -0.15) is 4.98 Å². The second kappa shape index (κ2) is 10.0. The third-order valence-electron chi connectivity index (χ3n) is 4.77. The van der Waals surface area contributed by atoms with Crippen molar-refractivity contribution in [2.75, 3.05) is 6.61 Å². The van der Waals surface area contributed by atoms with Gasteiger partial charge in [0.1, 0.15) is 11.8 Å². The predicted molar refractivity (Wildman–Crippen MR) is 114 cm³/mol. The van der Waals surface area contributed by atoms with Crippen molar-refractivity contribution in [2.45, 2.75) is 46.1 Å². The van der Waals surface area contributed by atoms with Crippen LogP contribution in [0, 0.1) is 5.92 Å². The molecule has 0 spiro atoms. The first-order chi connectivity index (χ1) is 14.4. The normalized spacial score (nSPS) is 12.2. The molecule has 0 bridgehead atoms. The highest BCUT2D eigenvalue weighted by molar-refractivity contribution is 5.76. The molecule has 1 unspecified atom stereocenters. The monoisotopic (exact) mass is 408 g/mol. The molecule has 7 heteroatoms. The molecular weight excluding hydrogens is 380 g/mol. The van der Waals surface area contributed by atoms with Crippen LogP contribution in [0.15, 0.2) is 53.3 Å². The Morgan fingerprint density at radius 3 is 2.40 bits per heavy atom. The molecule has 0 aliphatic heterocycles. The lowest BCUT2D eigenvalue weighted by Gasteiger charge is -2.18. The molecule has 0 aliphatic rings. The van der Waals surface area contributed by atoms with E-state index in [1.165, 1.54) is 5.56 Å². The summed E-state index contributed by atoms with van der Waals surface area (Å²) in [7, 11) is 0. The van der Waals surface area contributed by atoms with Crippen molar-refractivity contribution in [3.63, 3.8) is 0 Å². The molecule has 1 amide bonds. The summed E-state index contributed by atoms with van der Waals surface area (Å²) < 4.78 is 11.1. The molecule has 2 heterocycles. The van der Waals surface area contributed by atoms with Crippen molar-refractivity contribution in [1.82, 2.24) is 20.4 Å². The van der Waals surface area contributed by atoms with Gasteiger partial charge in [-0.15, -0.1) is 0 Å². The topological polar surface area (TPSA) is 90.1 Å². The highest BCUT2D eigenvalue weighted by Crippen LogP contribution is 2.23. The molecule has 0 fully saturated rings. The zero-order chi connectivity index (χ0) is 21.5. The van der Waals surface area contributed by atoms with E-state index in [4.69, 9.17) is 9.26 Å². The number of carbonyl (C=O) groups is 1. The van der Waals surface area contributed by atoms with Crippen molar-refractivity contribution in [2.24, 2.45) is 5.92 Å². The third-order valence-corrected chi connectivity index (χ3v) is 4.77. The standard InChI is InChI=1S/C23H28N4O3/c1-15(2)17-5-7-19(8-6-17)29-14-11-20(28)25-21(16(3)4)23-26-22(27-30-23)18-9-12-24-13-10-18/h5-10,12-13,15-16,21H,11,14H2,1-4H3,(H,25,28). The fourth-order valence-corrected chi connectivity index (χ4v) is 2.95. The van der Waals surface area contributed by atoms with Crippen LogP contribution in [0.3, 0.4) is 0 Å². The lowest BCUT2D eigenvalue weighted by atomic mass is 10.0. The van der Waals surface area contributed by atoms with Gasteiger partial charge in [0.15, 0.2) is 0 Å². The van der Waals surface area contributed by atoms with Crippen molar-refractivity contribution in [3.8, 4) is 17.1 Å². The maximum absolute atomic E-state index is 12.5. The Hall–Kier alpha value is -3.22. The number of hydrogen-bond donors (Lipinski definition) is 1. The summed E-state index contributed by atoms with van der Waals surface area (Å²) in [6, 6.07) is 11.2. The Kier molecular flexibility index (Phi) is 7.17. The number of ether oxygens (including phenoxy) is 1. The van der Waals surface area contributed by atoms with Crippen LogP contribution in [0.5, 0.6) is 5.75 Å². The lowest BCUT2D eigenvalue weighted by Crippen LogP contribution is -2.32. The van der Waals surface area contributed by atoms with Gasteiger partial charge in [-0.05, 0) is 41.7 Å². The molecule has 1 atom stereocenters. The molecule has 158 valence electrons. The van der Waals surface area contributed by atoms with E-state index in [0.29, 0.717) is 24.2 Å². The van der Waals surface area contributed by atoms with Gasteiger partial charge in [0.2, 0.25) is 17.6 Å². The molecule has 3 aromatic rings. The van der Waals surface area contributed by atoms with Gasteiger partial charge in [-0.25, -0.2) is 0 Å². The summed E-state index contributed by atoms with van der Waals surface area (Å²) in [5.41, 5.74) is 2.07. The lowest BCUT2D eigenvalue weighted by molar-refractivity contribution is -0.122. The Labute approximate surface area is 176 Å². The van der Waals surface area contributed by atoms with Gasteiger partial charge in [0, 0.05) is 18.0 Å². The van der Waals surface area contributed by atoms with E-state index in [-0.39, 0.29) is 24.3 Å².